The Labute approximate surface area is 181 Å². The van der Waals surface area contributed by atoms with Gasteiger partial charge in [0.05, 0.1) is 19.3 Å². The number of carbonyl (C=O) groups excluding carboxylic acids is 2. The van der Waals surface area contributed by atoms with Crippen LogP contribution in [0.25, 0.3) is 0 Å². The van der Waals surface area contributed by atoms with Gasteiger partial charge in [-0.1, -0.05) is 35.9 Å². The summed E-state index contributed by atoms with van der Waals surface area (Å²) in [6.45, 7) is 4.06. The van der Waals surface area contributed by atoms with Gasteiger partial charge in [0.15, 0.2) is 0 Å². The monoisotopic (exact) mass is 427 g/mol. The van der Waals surface area contributed by atoms with Crippen LogP contribution < -0.4 is 10.2 Å². The van der Waals surface area contributed by atoms with Gasteiger partial charge in [0.2, 0.25) is 5.91 Å². The first-order valence-corrected chi connectivity index (χ1v) is 10.8. The van der Waals surface area contributed by atoms with E-state index in [-0.39, 0.29) is 17.9 Å². The molecular weight excluding hydrogens is 402 g/mol. The van der Waals surface area contributed by atoms with Crippen molar-refractivity contribution >= 4 is 29.1 Å². The van der Waals surface area contributed by atoms with Crippen LogP contribution in [0.2, 0.25) is 5.02 Å². The van der Waals surface area contributed by atoms with E-state index in [1.54, 1.807) is 17.0 Å². The summed E-state index contributed by atoms with van der Waals surface area (Å²) in [5, 5.41) is 3.76. The summed E-state index contributed by atoms with van der Waals surface area (Å²) in [6.07, 6.45) is 1.42. The second-order valence-electron chi connectivity index (χ2n) is 7.59. The second kappa shape index (κ2) is 9.60. The molecule has 4 rings (SSSR count). The van der Waals surface area contributed by atoms with Crippen molar-refractivity contribution in [1.82, 2.24) is 10.2 Å². The predicted octanol–water partition coefficient (Wildman–Crippen LogP) is 3.27. The van der Waals surface area contributed by atoms with E-state index < -0.39 is 0 Å². The predicted molar refractivity (Wildman–Crippen MR) is 117 cm³/mol. The summed E-state index contributed by atoms with van der Waals surface area (Å²) in [5.41, 5.74) is 2.32. The quantitative estimate of drug-likeness (QED) is 0.768. The first kappa shape index (κ1) is 20.8. The Morgan fingerprint density at radius 2 is 1.90 bits per heavy atom. The molecule has 158 valence electrons. The topological polar surface area (TPSA) is 61.9 Å². The number of benzene rings is 2. The van der Waals surface area contributed by atoms with Crippen LogP contribution in [0.5, 0.6) is 0 Å². The second-order valence-corrected chi connectivity index (χ2v) is 8.00. The average Bonchev–Trinajstić information content (AvgIpc) is 3.21. The van der Waals surface area contributed by atoms with E-state index in [1.807, 2.05) is 36.4 Å². The fraction of sp³-hybridized carbons (Fsp3) is 0.391. The lowest BCUT2D eigenvalue weighted by Crippen LogP contribution is -2.44. The Balaban J connectivity index is 1.49. The maximum atomic E-state index is 12.9. The summed E-state index contributed by atoms with van der Waals surface area (Å²) in [5.74, 6) is -0.0486. The molecule has 2 aromatic carbocycles. The van der Waals surface area contributed by atoms with Gasteiger partial charge in [-0.3, -0.25) is 14.5 Å². The fourth-order valence-corrected chi connectivity index (χ4v) is 4.36. The van der Waals surface area contributed by atoms with Crippen molar-refractivity contribution in [2.24, 2.45) is 0 Å². The van der Waals surface area contributed by atoms with Crippen LogP contribution in [0.4, 0.5) is 5.69 Å². The van der Waals surface area contributed by atoms with Gasteiger partial charge in [-0.05, 0) is 36.2 Å². The Kier molecular flexibility index (Phi) is 6.67. The number of morpholine rings is 1. The highest BCUT2D eigenvalue weighted by Crippen LogP contribution is 2.28. The van der Waals surface area contributed by atoms with E-state index in [0.717, 1.165) is 30.8 Å². The van der Waals surface area contributed by atoms with Crippen LogP contribution in [0.3, 0.4) is 0 Å². The number of anilines is 1. The number of hydrogen-bond acceptors (Lipinski definition) is 4. The van der Waals surface area contributed by atoms with E-state index in [2.05, 4.69) is 10.2 Å². The molecule has 1 atom stereocenters. The molecule has 0 radical (unpaired) electrons. The van der Waals surface area contributed by atoms with Gasteiger partial charge in [0.25, 0.3) is 5.91 Å². The van der Waals surface area contributed by atoms with E-state index in [4.69, 9.17) is 16.3 Å². The molecule has 2 aliphatic rings. The van der Waals surface area contributed by atoms with Gasteiger partial charge in [-0.15, -0.1) is 0 Å². The smallest absolute Gasteiger partial charge is 0.251 e. The lowest BCUT2D eigenvalue weighted by atomic mass is 10.0. The van der Waals surface area contributed by atoms with Crippen molar-refractivity contribution in [2.75, 3.05) is 44.3 Å². The molecule has 0 saturated carbocycles. The summed E-state index contributed by atoms with van der Waals surface area (Å²) in [7, 11) is 0. The van der Waals surface area contributed by atoms with Crippen molar-refractivity contribution in [2.45, 2.75) is 18.9 Å². The number of carbonyl (C=O) groups is 2. The van der Waals surface area contributed by atoms with Crippen LogP contribution >= 0.6 is 11.6 Å². The molecule has 0 aromatic heterocycles. The number of rotatable bonds is 6. The molecule has 2 heterocycles. The molecule has 6 nitrogen and oxygen atoms in total. The molecule has 0 spiro atoms. The molecule has 2 amide bonds. The maximum Gasteiger partial charge on any atom is 0.251 e. The van der Waals surface area contributed by atoms with E-state index in [0.29, 0.717) is 43.3 Å². The van der Waals surface area contributed by atoms with E-state index in [9.17, 15) is 9.59 Å². The van der Waals surface area contributed by atoms with Crippen LogP contribution in [0.15, 0.2) is 48.5 Å². The largest absolute Gasteiger partial charge is 0.379 e. The number of halogens is 1. The zero-order valence-electron chi connectivity index (χ0n) is 16.9. The normalized spacial score (nSPS) is 18.4. The molecule has 30 heavy (non-hydrogen) atoms. The van der Waals surface area contributed by atoms with Crippen molar-refractivity contribution in [1.29, 1.82) is 0 Å². The zero-order chi connectivity index (χ0) is 20.9. The Bertz CT molecular complexity index is 914. The molecule has 2 saturated heterocycles. The van der Waals surface area contributed by atoms with Crippen LogP contribution in [0, 0.1) is 0 Å². The maximum absolute atomic E-state index is 12.9. The van der Waals surface area contributed by atoms with E-state index in [1.165, 1.54) is 0 Å². The lowest BCUT2D eigenvalue weighted by Gasteiger charge is -2.35. The molecule has 0 bridgehead atoms. The molecular formula is C23H26ClN3O3. The third-order valence-corrected chi connectivity index (χ3v) is 6.04. The SMILES string of the molecule is O=C(NCC(c1ccccc1Cl)N1CCOCC1)c1cccc(N2CCCC2=O)c1. The van der Waals surface area contributed by atoms with Gasteiger partial charge >= 0.3 is 0 Å². The van der Waals surface area contributed by atoms with Crippen molar-refractivity contribution in [3.8, 4) is 0 Å². The first-order valence-electron chi connectivity index (χ1n) is 10.4. The minimum absolute atomic E-state index is 0.0325. The van der Waals surface area contributed by atoms with Gasteiger partial charge in [0, 0.05) is 48.9 Å². The van der Waals surface area contributed by atoms with Gasteiger partial charge in [0.1, 0.15) is 0 Å². The zero-order valence-corrected chi connectivity index (χ0v) is 17.6. The highest BCUT2D eigenvalue weighted by molar-refractivity contribution is 6.31. The molecule has 1 unspecified atom stereocenters. The number of amides is 2. The highest BCUT2D eigenvalue weighted by atomic mass is 35.5. The Morgan fingerprint density at radius 3 is 2.63 bits per heavy atom. The van der Waals surface area contributed by atoms with Crippen molar-refractivity contribution in [3.63, 3.8) is 0 Å². The average molecular weight is 428 g/mol. The number of nitrogens with one attached hydrogen (secondary N) is 1. The minimum atomic E-state index is -0.159. The third-order valence-electron chi connectivity index (χ3n) is 5.70. The molecule has 2 aromatic rings. The molecule has 0 aliphatic carbocycles. The molecule has 2 aliphatic heterocycles. The molecule has 1 N–H and O–H groups in total. The summed E-state index contributed by atoms with van der Waals surface area (Å²) in [6, 6.07) is 15.0. The van der Waals surface area contributed by atoms with Crippen molar-refractivity contribution < 1.29 is 14.3 Å². The number of nitrogens with zero attached hydrogens (tertiary/aromatic N) is 2. The summed E-state index contributed by atoms with van der Waals surface area (Å²) < 4.78 is 5.49. The van der Waals surface area contributed by atoms with Crippen LogP contribution in [-0.4, -0.2) is 56.1 Å². The van der Waals surface area contributed by atoms with Gasteiger partial charge < -0.3 is 15.0 Å². The standard InChI is InChI=1S/C23H26ClN3O3/c24-20-8-2-1-7-19(20)21(26-11-13-30-14-12-26)16-25-23(29)17-5-3-6-18(15-17)27-10-4-9-22(27)28/h1-3,5-8,15,21H,4,9-14,16H2,(H,25,29). The highest BCUT2D eigenvalue weighted by Gasteiger charge is 2.26. The first-order chi connectivity index (χ1) is 14.6. The Morgan fingerprint density at radius 1 is 1.10 bits per heavy atom. The van der Waals surface area contributed by atoms with Crippen molar-refractivity contribution in [3.05, 3.63) is 64.7 Å². The van der Waals surface area contributed by atoms with Crippen LogP contribution in [-0.2, 0) is 9.53 Å². The van der Waals surface area contributed by atoms with Gasteiger partial charge in [-0.25, -0.2) is 0 Å². The minimum Gasteiger partial charge on any atom is -0.379 e. The molecule has 7 heteroatoms. The number of ether oxygens (including phenoxy) is 1. The Hall–Kier alpha value is -2.41. The van der Waals surface area contributed by atoms with Crippen LogP contribution in [0.1, 0.15) is 34.8 Å². The molecule has 2 fully saturated rings. The third kappa shape index (κ3) is 4.67. The van der Waals surface area contributed by atoms with Gasteiger partial charge in [-0.2, -0.15) is 0 Å². The van der Waals surface area contributed by atoms with E-state index >= 15 is 0 Å². The summed E-state index contributed by atoms with van der Waals surface area (Å²) >= 11 is 6.47. The fourth-order valence-electron chi connectivity index (χ4n) is 4.10. The lowest BCUT2D eigenvalue weighted by molar-refractivity contribution is -0.117. The summed E-state index contributed by atoms with van der Waals surface area (Å²) in [4.78, 5) is 29.0. The number of hydrogen-bond donors (Lipinski definition) is 1.